The Morgan fingerprint density at radius 1 is 1.15 bits per heavy atom. The molecule has 1 aliphatic heterocycles. The molecular weight excluding hydrogens is 340 g/mol. The van der Waals surface area contributed by atoms with Crippen LogP contribution < -0.4 is 0 Å². The molecule has 1 heterocycles. The molecule has 3 rings (SSSR count). The molecule has 0 radical (unpaired) electrons. The predicted octanol–water partition coefficient (Wildman–Crippen LogP) is 3.61. The van der Waals surface area contributed by atoms with Crippen LogP contribution in [0.3, 0.4) is 0 Å². The molecule has 1 aliphatic rings. The van der Waals surface area contributed by atoms with Gasteiger partial charge in [-0.3, -0.25) is 4.79 Å². The molecule has 26 heavy (non-hydrogen) atoms. The van der Waals surface area contributed by atoms with Crippen molar-refractivity contribution < 1.29 is 23.5 Å². The SMILES string of the molecule is O=C(O)c1cccc([C@H]2CCCN(C(=O)Cc3cc(F)ccc3F)C2)c1. The van der Waals surface area contributed by atoms with Gasteiger partial charge in [-0.15, -0.1) is 0 Å². The highest BCUT2D eigenvalue weighted by molar-refractivity contribution is 5.87. The maximum Gasteiger partial charge on any atom is 0.335 e. The molecule has 1 N–H and O–H groups in total. The number of amides is 1. The van der Waals surface area contributed by atoms with Gasteiger partial charge in [-0.1, -0.05) is 12.1 Å². The fourth-order valence-corrected chi connectivity index (χ4v) is 3.35. The summed E-state index contributed by atoms with van der Waals surface area (Å²) in [4.78, 5) is 25.3. The molecular formula is C20H19F2NO3. The summed E-state index contributed by atoms with van der Waals surface area (Å²) in [6.07, 6.45) is 1.44. The minimum atomic E-state index is -0.989. The number of rotatable bonds is 4. The zero-order valence-electron chi connectivity index (χ0n) is 14.1. The van der Waals surface area contributed by atoms with Gasteiger partial charge >= 0.3 is 5.97 Å². The Labute approximate surface area is 150 Å². The Balaban J connectivity index is 1.72. The molecule has 0 aliphatic carbocycles. The van der Waals surface area contributed by atoms with Crippen molar-refractivity contribution in [2.24, 2.45) is 0 Å². The third-order valence-corrected chi connectivity index (χ3v) is 4.73. The van der Waals surface area contributed by atoms with Crippen molar-refractivity contribution in [1.29, 1.82) is 0 Å². The molecule has 136 valence electrons. The number of likely N-dealkylation sites (tertiary alicyclic amines) is 1. The van der Waals surface area contributed by atoms with Gasteiger partial charge in [-0.2, -0.15) is 0 Å². The van der Waals surface area contributed by atoms with Crippen molar-refractivity contribution in [3.05, 3.63) is 70.8 Å². The Bertz CT molecular complexity index is 838. The van der Waals surface area contributed by atoms with Crippen LogP contribution in [0.5, 0.6) is 0 Å². The molecule has 0 bridgehead atoms. The van der Waals surface area contributed by atoms with Gasteiger partial charge in [0.2, 0.25) is 5.91 Å². The van der Waals surface area contributed by atoms with E-state index in [1.807, 2.05) is 6.07 Å². The number of carbonyl (C=O) groups is 2. The maximum atomic E-state index is 13.8. The van der Waals surface area contributed by atoms with E-state index in [0.717, 1.165) is 36.6 Å². The van der Waals surface area contributed by atoms with Crippen LogP contribution in [0.4, 0.5) is 8.78 Å². The van der Waals surface area contributed by atoms with Gasteiger partial charge in [0.05, 0.1) is 12.0 Å². The van der Waals surface area contributed by atoms with Crippen LogP contribution in [0.1, 0.15) is 40.2 Å². The van der Waals surface area contributed by atoms with E-state index in [4.69, 9.17) is 5.11 Å². The number of hydrogen-bond donors (Lipinski definition) is 1. The Morgan fingerprint density at radius 3 is 2.73 bits per heavy atom. The van der Waals surface area contributed by atoms with Crippen LogP contribution in [0.2, 0.25) is 0 Å². The number of hydrogen-bond acceptors (Lipinski definition) is 2. The van der Waals surface area contributed by atoms with Crippen molar-refractivity contribution in [3.63, 3.8) is 0 Å². The lowest BCUT2D eigenvalue weighted by molar-refractivity contribution is -0.131. The molecule has 4 nitrogen and oxygen atoms in total. The van der Waals surface area contributed by atoms with E-state index in [1.165, 1.54) is 6.07 Å². The van der Waals surface area contributed by atoms with Crippen LogP contribution in [0.15, 0.2) is 42.5 Å². The molecule has 0 spiro atoms. The van der Waals surface area contributed by atoms with Crippen molar-refractivity contribution >= 4 is 11.9 Å². The minimum Gasteiger partial charge on any atom is -0.478 e. The van der Waals surface area contributed by atoms with E-state index < -0.39 is 17.6 Å². The summed E-state index contributed by atoms with van der Waals surface area (Å²) < 4.78 is 27.1. The summed E-state index contributed by atoms with van der Waals surface area (Å²) in [7, 11) is 0. The van der Waals surface area contributed by atoms with Crippen LogP contribution in [-0.2, 0) is 11.2 Å². The van der Waals surface area contributed by atoms with Crippen LogP contribution in [0, 0.1) is 11.6 Å². The monoisotopic (exact) mass is 359 g/mol. The topological polar surface area (TPSA) is 57.6 Å². The van der Waals surface area contributed by atoms with Crippen molar-refractivity contribution in [2.75, 3.05) is 13.1 Å². The molecule has 1 fully saturated rings. The highest BCUT2D eigenvalue weighted by Crippen LogP contribution is 2.28. The third kappa shape index (κ3) is 4.07. The molecule has 0 unspecified atom stereocenters. The molecule has 6 heteroatoms. The summed E-state index contributed by atoms with van der Waals surface area (Å²) in [5, 5.41) is 9.13. The minimum absolute atomic E-state index is 0.0318. The lowest BCUT2D eigenvalue weighted by Gasteiger charge is -2.33. The summed E-state index contributed by atoms with van der Waals surface area (Å²) >= 11 is 0. The second kappa shape index (κ2) is 7.64. The van der Waals surface area contributed by atoms with E-state index >= 15 is 0 Å². The smallest absolute Gasteiger partial charge is 0.335 e. The third-order valence-electron chi connectivity index (χ3n) is 4.73. The number of benzene rings is 2. The van der Waals surface area contributed by atoms with Crippen LogP contribution in [-0.4, -0.2) is 35.0 Å². The van der Waals surface area contributed by atoms with Gasteiger partial charge in [0.1, 0.15) is 11.6 Å². The van der Waals surface area contributed by atoms with Gasteiger partial charge in [-0.05, 0) is 48.7 Å². The first-order valence-electron chi connectivity index (χ1n) is 8.49. The second-order valence-electron chi connectivity index (χ2n) is 6.52. The Kier molecular flexibility index (Phi) is 5.30. The summed E-state index contributed by atoms with van der Waals surface area (Å²) in [6, 6.07) is 9.81. The van der Waals surface area contributed by atoms with Gasteiger partial charge in [0.25, 0.3) is 0 Å². The average molecular weight is 359 g/mol. The Morgan fingerprint density at radius 2 is 1.96 bits per heavy atom. The number of carboxylic acid groups (broad SMARTS) is 1. The summed E-state index contributed by atoms with van der Waals surface area (Å²) in [5.74, 6) is -2.38. The van der Waals surface area contributed by atoms with Gasteiger partial charge < -0.3 is 10.0 Å². The normalized spacial score (nSPS) is 17.2. The first-order chi connectivity index (χ1) is 12.4. The van der Waals surface area contributed by atoms with Crippen LogP contribution >= 0.6 is 0 Å². The van der Waals surface area contributed by atoms with E-state index in [-0.39, 0.29) is 29.4 Å². The molecule has 2 aromatic rings. The molecule has 1 saturated heterocycles. The largest absolute Gasteiger partial charge is 0.478 e. The lowest BCUT2D eigenvalue weighted by atomic mass is 9.89. The molecule has 0 aromatic heterocycles. The molecule has 1 amide bonds. The van der Waals surface area contributed by atoms with E-state index in [1.54, 1.807) is 17.0 Å². The zero-order chi connectivity index (χ0) is 18.7. The quantitative estimate of drug-likeness (QED) is 0.907. The molecule has 1 atom stereocenters. The van der Waals surface area contributed by atoms with Crippen molar-refractivity contribution in [1.82, 2.24) is 4.90 Å². The standard InChI is InChI=1S/C20H19F2NO3/c21-17-6-7-18(22)16(10-17)11-19(24)23-8-2-5-15(12-23)13-3-1-4-14(9-13)20(25)26/h1,3-4,6-7,9-10,15H,2,5,8,11-12H2,(H,25,26)/t15-/m0/s1. The van der Waals surface area contributed by atoms with Gasteiger partial charge in [0, 0.05) is 24.6 Å². The number of aromatic carboxylic acids is 1. The Hall–Kier alpha value is -2.76. The summed E-state index contributed by atoms with van der Waals surface area (Å²) in [6.45, 7) is 1.00. The van der Waals surface area contributed by atoms with E-state index in [2.05, 4.69) is 0 Å². The van der Waals surface area contributed by atoms with Gasteiger partial charge in [-0.25, -0.2) is 13.6 Å². The number of piperidine rings is 1. The molecule has 0 saturated carbocycles. The second-order valence-corrected chi connectivity index (χ2v) is 6.52. The van der Waals surface area contributed by atoms with Crippen LogP contribution in [0.25, 0.3) is 0 Å². The molecule has 2 aromatic carbocycles. The average Bonchev–Trinajstić information content (AvgIpc) is 2.65. The fourth-order valence-electron chi connectivity index (χ4n) is 3.35. The zero-order valence-corrected chi connectivity index (χ0v) is 14.1. The number of carboxylic acids is 1. The highest BCUT2D eigenvalue weighted by Gasteiger charge is 2.25. The van der Waals surface area contributed by atoms with E-state index in [9.17, 15) is 18.4 Å². The number of carbonyl (C=O) groups excluding carboxylic acids is 1. The fraction of sp³-hybridized carbons (Fsp3) is 0.300. The maximum absolute atomic E-state index is 13.8. The number of nitrogens with zero attached hydrogens (tertiary/aromatic N) is 1. The highest BCUT2D eigenvalue weighted by atomic mass is 19.1. The van der Waals surface area contributed by atoms with E-state index in [0.29, 0.717) is 13.1 Å². The lowest BCUT2D eigenvalue weighted by Crippen LogP contribution is -2.40. The van der Waals surface area contributed by atoms with Crippen molar-refractivity contribution in [2.45, 2.75) is 25.2 Å². The summed E-state index contributed by atoms with van der Waals surface area (Å²) in [5.41, 5.74) is 1.14. The van der Waals surface area contributed by atoms with Gasteiger partial charge in [0.15, 0.2) is 0 Å². The van der Waals surface area contributed by atoms with Crippen molar-refractivity contribution in [3.8, 4) is 0 Å². The predicted molar refractivity (Wildman–Crippen MR) is 92.0 cm³/mol. The number of halogens is 2. The first-order valence-corrected chi connectivity index (χ1v) is 8.49. The first kappa shape index (κ1) is 18.0.